The van der Waals surface area contributed by atoms with Crippen LogP contribution in [0.15, 0.2) is 18.5 Å². The third kappa shape index (κ3) is 3.71. The van der Waals surface area contributed by atoms with E-state index in [2.05, 4.69) is 14.5 Å². The highest BCUT2D eigenvalue weighted by Gasteiger charge is 2.20. The zero-order valence-corrected chi connectivity index (χ0v) is 8.70. The van der Waals surface area contributed by atoms with E-state index in [1.807, 2.05) is 0 Å². The highest BCUT2D eigenvalue weighted by atomic mass is 35.5. The van der Waals surface area contributed by atoms with Crippen LogP contribution < -0.4 is 4.74 Å². The summed E-state index contributed by atoms with van der Waals surface area (Å²) in [7, 11) is 0. The normalized spacial score (nSPS) is 11.9. The smallest absolute Gasteiger partial charge is 0.381 e. The number of carbonyl (C=O) groups is 1. The molecule has 1 aromatic rings. The minimum atomic E-state index is -2.16. The van der Waals surface area contributed by atoms with Gasteiger partial charge in [-0.05, 0) is 6.92 Å². The van der Waals surface area contributed by atoms with Gasteiger partial charge in [0, 0.05) is 12.3 Å². The van der Waals surface area contributed by atoms with Crippen LogP contribution in [0.4, 0.5) is 4.39 Å². The summed E-state index contributed by atoms with van der Waals surface area (Å²) in [6.45, 7) is 1.67. The highest BCUT2D eigenvalue weighted by molar-refractivity contribution is 6.30. The molecule has 15 heavy (non-hydrogen) atoms. The maximum Gasteiger partial charge on any atom is 0.381 e. The molecule has 0 N–H and O–H groups in total. The number of carbonyl (C=O) groups excluding carboxylic acids is 1. The van der Waals surface area contributed by atoms with E-state index in [1.54, 1.807) is 6.92 Å². The Morgan fingerprint density at radius 1 is 1.67 bits per heavy atom. The van der Waals surface area contributed by atoms with Crippen molar-refractivity contribution < 1.29 is 18.7 Å². The quantitative estimate of drug-likeness (QED) is 0.746. The van der Waals surface area contributed by atoms with Crippen LogP contribution in [0.3, 0.4) is 0 Å². The molecule has 0 amide bonds. The Balaban J connectivity index is 2.58. The number of hydrogen-bond acceptors (Lipinski definition) is 4. The first-order chi connectivity index (χ1) is 7.13. The molecule has 82 valence electrons. The lowest BCUT2D eigenvalue weighted by atomic mass is 10.4. The average Bonchev–Trinajstić information content (AvgIpc) is 2.18. The number of alkyl halides is 1. The summed E-state index contributed by atoms with van der Waals surface area (Å²) in [5, 5.41) is 0.295. The standard InChI is InChI=1S/C9H9ClFNO3/c1-2-14-9(13)8(11)15-7-3-6(10)4-12-5-7/h3-5,8H,2H2,1H3. The molecule has 1 heterocycles. The fraction of sp³-hybridized carbons (Fsp3) is 0.333. The van der Waals surface area contributed by atoms with Crippen LogP contribution in [-0.4, -0.2) is 23.9 Å². The van der Waals surface area contributed by atoms with Crippen LogP contribution in [0.1, 0.15) is 6.92 Å². The molecule has 6 heteroatoms. The van der Waals surface area contributed by atoms with E-state index in [-0.39, 0.29) is 12.4 Å². The molecule has 0 aliphatic rings. The molecule has 1 rings (SSSR count). The minimum absolute atomic E-state index is 0.0723. The van der Waals surface area contributed by atoms with Crippen molar-refractivity contribution in [3.63, 3.8) is 0 Å². The van der Waals surface area contributed by atoms with Crippen molar-refractivity contribution in [3.05, 3.63) is 23.5 Å². The average molecular weight is 234 g/mol. The van der Waals surface area contributed by atoms with E-state index in [9.17, 15) is 9.18 Å². The fourth-order valence-corrected chi connectivity index (χ4v) is 0.996. The summed E-state index contributed by atoms with van der Waals surface area (Å²) < 4.78 is 22.1. The predicted octanol–water partition coefficient (Wildman–Crippen LogP) is 1.97. The van der Waals surface area contributed by atoms with E-state index in [4.69, 9.17) is 11.6 Å². The number of rotatable bonds is 4. The number of pyridine rings is 1. The van der Waals surface area contributed by atoms with Gasteiger partial charge in [0.25, 0.3) is 0 Å². The van der Waals surface area contributed by atoms with Gasteiger partial charge in [-0.3, -0.25) is 4.98 Å². The lowest BCUT2D eigenvalue weighted by molar-refractivity contribution is -0.159. The summed E-state index contributed by atoms with van der Waals surface area (Å²) in [6.07, 6.45) is 0.453. The van der Waals surface area contributed by atoms with Gasteiger partial charge >= 0.3 is 12.3 Å². The SMILES string of the molecule is CCOC(=O)C(F)Oc1cncc(Cl)c1. The molecule has 0 fully saturated rings. The Morgan fingerprint density at radius 2 is 2.40 bits per heavy atom. The molecule has 0 bridgehead atoms. The lowest BCUT2D eigenvalue weighted by Gasteiger charge is -2.09. The van der Waals surface area contributed by atoms with Crippen molar-refractivity contribution >= 4 is 17.6 Å². The van der Waals surface area contributed by atoms with Gasteiger partial charge < -0.3 is 9.47 Å². The van der Waals surface area contributed by atoms with Crippen molar-refractivity contribution in [2.24, 2.45) is 0 Å². The second-order valence-electron chi connectivity index (χ2n) is 2.52. The molecule has 0 radical (unpaired) electrons. The Bertz CT molecular complexity index is 348. The number of aromatic nitrogens is 1. The molecule has 0 spiro atoms. The molecular weight excluding hydrogens is 225 g/mol. The summed E-state index contributed by atoms with van der Waals surface area (Å²) in [5.74, 6) is -1.000. The van der Waals surface area contributed by atoms with Crippen molar-refractivity contribution in [1.82, 2.24) is 4.98 Å². The van der Waals surface area contributed by atoms with Crippen LogP contribution in [0.25, 0.3) is 0 Å². The first-order valence-electron chi connectivity index (χ1n) is 4.21. The van der Waals surface area contributed by atoms with E-state index in [0.29, 0.717) is 5.02 Å². The third-order valence-electron chi connectivity index (χ3n) is 1.39. The van der Waals surface area contributed by atoms with Gasteiger partial charge in [-0.25, -0.2) is 4.79 Å². The monoisotopic (exact) mass is 233 g/mol. The first-order valence-corrected chi connectivity index (χ1v) is 4.59. The Morgan fingerprint density at radius 3 is 3.00 bits per heavy atom. The topological polar surface area (TPSA) is 48.4 Å². The van der Waals surface area contributed by atoms with E-state index < -0.39 is 12.3 Å². The maximum absolute atomic E-state index is 13.0. The Kier molecular flexibility index (Phi) is 4.30. The minimum Gasteiger partial charge on any atom is -0.461 e. The van der Waals surface area contributed by atoms with E-state index in [1.165, 1.54) is 18.5 Å². The van der Waals surface area contributed by atoms with Crippen LogP contribution in [0, 0.1) is 0 Å². The Hall–Kier alpha value is -1.36. The molecular formula is C9H9ClFNO3. The molecule has 0 aliphatic carbocycles. The van der Waals surface area contributed by atoms with E-state index >= 15 is 0 Å². The van der Waals surface area contributed by atoms with Crippen LogP contribution in [0.5, 0.6) is 5.75 Å². The van der Waals surface area contributed by atoms with Crippen molar-refractivity contribution in [2.45, 2.75) is 13.3 Å². The predicted molar refractivity (Wildman–Crippen MR) is 51.4 cm³/mol. The van der Waals surface area contributed by atoms with Gasteiger partial charge in [-0.1, -0.05) is 11.6 Å². The first kappa shape index (κ1) is 11.7. The number of ether oxygens (including phenoxy) is 2. The number of esters is 1. The molecule has 4 nitrogen and oxygen atoms in total. The van der Waals surface area contributed by atoms with Crippen molar-refractivity contribution in [3.8, 4) is 5.75 Å². The molecule has 0 saturated carbocycles. The van der Waals surface area contributed by atoms with Crippen molar-refractivity contribution in [2.75, 3.05) is 6.61 Å². The molecule has 1 atom stereocenters. The Labute approximate surface area is 91.0 Å². The number of hydrogen-bond donors (Lipinski definition) is 0. The van der Waals surface area contributed by atoms with E-state index in [0.717, 1.165) is 0 Å². The second-order valence-corrected chi connectivity index (χ2v) is 2.96. The van der Waals surface area contributed by atoms with Gasteiger partial charge in [0.2, 0.25) is 0 Å². The molecule has 1 unspecified atom stereocenters. The molecule has 0 aromatic carbocycles. The summed E-state index contributed by atoms with van der Waals surface area (Å²) in [6, 6.07) is 1.35. The van der Waals surface area contributed by atoms with Gasteiger partial charge in [0.05, 0.1) is 17.8 Å². The van der Waals surface area contributed by atoms with Crippen LogP contribution in [-0.2, 0) is 9.53 Å². The summed E-state index contributed by atoms with van der Waals surface area (Å²) in [4.78, 5) is 14.5. The summed E-state index contributed by atoms with van der Waals surface area (Å²) >= 11 is 5.59. The maximum atomic E-state index is 13.0. The van der Waals surface area contributed by atoms with Gasteiger partial charge in [0.15, 0.2) is 0 Å². The molecule has 0 saturated heterocycles. The van der Waals surface area contributed by atoms with Crippen LogP contribution >= 0.6 is 11.6 Å². The summed E-state index contributed by atoms with van der Waals surface area (Å²) in [5.41, 5.74) is 0. The molecule has 1 aromatic heterocycles. The zero-order valence-electron chi connectivity index (χ0n) is 7.94. The largest absolute Gasteiger partial charge is 0.461 e. The number of halogens is 2. The fourth-order valence-electron chi connectivity index (χ4n) is 0.832. The van der Waals surface area contributed by atoms with Gasteiger partial charge in [0.1, 0.15) is 5.75 Å². The third-order valence-corrected chi connectivity index (χ3v) is 1.60. The number of nitrogens with zero attached hydrogens (tertiary/aromatic N) is 1. The van der Waals surface area contributed by atoms with Gasteiger partial charge in [-0.15, -0.1) is 0 Å². The second kappa shape index (κ2) is 5.50. The lowest BCUT2D eigenvalue weighted by Crippen LogP contribution is -2.24. The van der Waals surface area contributed by atoms with Crippen LogP contribution in [0.2, 0.25) is 5.02 Å². The highest BCUT2D eigenvalue weighted by Crippen LogP contribution is 2.17. The molecule has 0 aliphatic heterocycles. The zero-order chi connectivity index (χ0) is 11.3. The van der Waals surface area contributed by atoms with Crippen molar-refractivity contribution in [1.29, 1.82) is 0 Å². The van der Waals surface area contributed by atoms with Gasteiger partial charge in [-0.2, -0.15) is 4.39 Å².